The molecule has 2 aromatic carbocycles. The number of hydrogen-bond donors (Lipinski definition) is 2. The summed E-state index contributed by atoms with van der Waals surface area (Å²) in [5, 5.41) is 5.85. The van der Waals surface area contributed by atoms with Crippen molar-refractivity contribution < 1.29 is 9.59 Å². The Hall–Kier alpha value is -2.62. The van der Waals surface area contributed by atoms with Gasteiger partial charge in [-0.1, -0.05) is 38.1 Å². The van der Waals surface area contributed by atoms with Crippen molar-refractivity contribution in [2.75, 3.05) is 5.32 Å². The van der Waals surface area contributed by atoms with E-state index in [0.29, 0.717) is 12.0 Å². The first-order chi connectivity index (χ1) is 12.3. The van der Waals surface area contributed by atoms with Gasteiger partial charge in [-0.15, -0.1) is 0 Å². The SMILES string of the molecule is Cc1cc(C)cc(NC(=O)C(CC(C)C)NC(=O)c2ccccc2C)c1. The summed E-state index contributed by atoms with van der Waals surface area (Å²) in [6.07, 6.45) is 0.578. The van der Waals surface area contributed by atoms with E-state index in [-0.39, 0.29) is 17.7 Å². The maximum atomic E-state index is 12.8. The van der Waals surface area contributed by atoms with E-state index in [1.807, 2.05) is 65.0 Å². The molecule has 0 aromatic heterocycles. The highest BCUT2D eigenvalue weighted by molar-refractivity contribution is 6.01. The standard InChI is InChI=1S/C22H28N2O2/c1-14(2)10-20(24-21(25)19-9-7-6-8-17(19)5)22(26)23-18-12-15(3)11-16(4)13-18/h6-9,11-14,20H,10H2,1-5H3,(H,23,26)(H,24,25). The molecule has 0 aliphatic heterocycles. The molecule has 4 heteroatoms. The molecular weight excluding hydrogens is 324 g/mol. The van der Waals surface area contributed by atoms with Crippen LogP contribution in [0.3, 0.4) is 0 Å². The zero-order valence-electron chi connectivity index (χ0n) is 16.2. The molecule has 0 bridgehead atoms. The smallest absolute Gasteiger partial charge is 0.252 e. The lowest BCUT2D eigenvalue weighted by Crippen LogP contribution is -2.44. The normalized spacial score (nSPS) is 11.9. The monoisotopic (exact) mass is 352 g/mol. The minimum Gasteiger partial charge on any atom is -0.340 e. The van der Waals surface area contributed by atoms with Crippen molar-refractivity contribution in [3.63, 3.8) is 0 Å². The maximum Gasteiger partial charge on any atom is 0.252 e. The van der Waals surface area contributed by atoms with Crippen molar-refractivity contribution in [1.82, 2.24) is 5.32 Å². The van der Waals surface area contributed by atoms with Crippen LogP contribution < -0.4 is 10.6 Å². The van der Waals surface area contributed by atoms with Gasteiger partial charge >= 0.3 is 0 Å². The summed E-state index contributed by atoms with van der Waals surface area (Å²) < 4.78 is 0. The molecule has 2 rings (SSSR count). The van der Waals surface area contributed by atoms with Gasteiger partial charge in [0.2, 0.25) is 5.91 Å². The third kappa shape index (κ3) is 5.45. The number of amides is 2. The topological polar surface area (TPSA) is 58.2 Å². The zero-order valence-corrected chi connectivity index (χ0v) is 16.2. The van der Waals surface area contributed by atoms with Gasteiger partial charge in [-0.05, 0) is 68.0 Å². The van der Waals surface area contributed by atoms with Crippen molar-refractivity contribution in [3.05, 3.63) is 64.7 Å². The highest BCUT2D eigenvalue weighted by Crippen LogP contribution is 2.16. The summed E-state index contributed by atoms with van der Waals surface area (Å²) in [5.74, 6) is -0.128. The number of nitrogens with one attached hydrogen (secondary N) is 2. The summed E-state index contributed by atoms with van der Waals surface area (Å²) in [4.78, 5) is 25.4. The predicted octanol–water partition coefficient (Wildman–Crippen LogP) is 4.40. The van der Waals surface area contributed by atoms with Crippen LogP contribution in [0.1, 0.15) is 47.3 Å². The molecule has 1 atom stereocenters. The molecule has 2 aromatic rings. The molecule has 0 fully saturated rings. The van der Waals surface area contributed by atoms with Crippen LogP contribution in [0.5, 0.6) is 0 Å². The Morgan fingerprint density at radius 2 is 1.58 bits per heavy atom. The molecule has 0 spiro atoms. The van der Waals surface area contributed by atoms with Crippen molar-refractivity contribution >= 4 is 17.5 Å². The number of anilines is 1. The number of rotatable bonds is 6. The Bertz CT molecular complexity index is 776. The molecule has 0 radical (unpaired) electrons. The quantitative estimate of drug-likeness (QED) is 0.810. The van der Waals surface area contributed by atoms with Crippen LogP contribution in [0.25, 0.3) is 0 Å². The molecule has 1 unspecified atom stereocenters. The molecule has 0 saturated heterocycles. The summed E-state index contributed by atoms with van der Waals surface area (Å²) in [6.45, 7) is 9.96. The van der Waals surface area contributed by atoms with Crippen LogP contribution >= 0.6 is 0 Å². The molecule has 0 heterocycles. The number of benzene rings is 2. The Morgan fingerprint density at radius 1 is 0.962 bits per heavy atom. The molecule has 0 aliphatic carbocycles. The van der Waals surface area contributed by atoms with Gasteiger partial charge in [0.15, 0.2) is 0 Å². The van der Waals surface area contributed by atoms with E-state index in [1.165, 1.54) is 0 Å². The molecule has 0 saturated carbocycles. The fourth-order valence-electron chi connectivity index (χ4n) is 3.04. The lowest BCUT2D eigenvalue weighted by molar-refractivity contribution is -0.118. The van der Waals surface area contributed by atoms with Crippen LogP contribution in [0, 0.1) is 26.7 Å². The number of aryl methyl sites for hydroxylation is 3. The largest absolute Gasteiger partial charge is 0.340 e. The Kier molecular flexibility index (Phi) is 6.56. The van der Waals surface area contributed by atoms with Gasteiger partial charge in [0, 0.05) is 11.3 Å². The van der Waals surface area contributed by atoms with Crippen LogP contribution in [0.2, 0.25) is 0 Å². The van der Waals surface area contributed by atoms with E-state index in [9.17, 15) is 9.59 Å². The fourth-order valence-corrected chi connectivity index (χ4v) is 3.04. The van der Waals surface area contributed by atoms with Gasteiger partial charge < -0.3 is 10.6 Å². The Labute approximate surface area is 156 Å². The molecular formula is C22H28N2O2. The number of carbonyl (C=O) groups excluding carboxylic acids is 2. The number of carbonyl (C=O) groups is 2. The molecule has 138 valence electrons. The molecule has 26 heavy (non-hydrogen) atoms. The minimum absolute atomic E-state index is 0.189. The predicted molar refractivity (Wildman–Crippen MR) is 106 cm³/mol. The van der Waals surface area contributed by atoms with Gasteiger partial charge in [0.05, 0.1) is 0 Å². The molecule has 4 nitrogen and oxygen atoms in total. The average Bonchev–Trinajstić information content (AvgIpc) is 2.53. The second-order valence-electron chi connectivity index (χ2n) is 7.34. The van der Waals surface area contributed by atoms with E-state index in [1.54, 1.807) is 6.07 Å². The van der Waals surface area contributed by atoms with Crippen molar-refractivity contribution in [3.8, 4) is 0 Å². The van der Waals surface area contributed by atoms with Gasteiger partial charge in [-0.3, -0.25) is 9.59 Å². The second-order valence-corrected chi connectivity index (χ2v) is 7.34. The summed E-state index contributed by atoms with van der Waals surface area (Å²) in [5.41, 5.74) is 4.42. The van der Waals surface area contributed by atoms with E-state index < -0.39 is 6.04 Å². The third-order valence-corrected chi connectivity index (χ3v) is 4.21. The summed E-state index contributed by atoms with van der Waals surface area (Å²) in [6, 6.07) is 12.7. The van der Waals surface area contributed by atoms with Crippen LogP contribution in [0.4, 0.5) is 5.69 Å². The lowest BCUT2D eigenvalue weighted by atomic mass is 10.0. The van der Waals surface area contributed by atoms with E-state index >= 15 is 0 Å². The van der Waals surface area contributed by atoms with Crippen molar-refractivity contribution in [2.24, 2.45) is 5.92 Å². The van der Waals surface area contributed by atoms with E-state index in [2.05, 4.69) is 16.7 Å². The van der Waals surface area contributed by atoms with Crippen molar-refractivity contribution in [1.29, 1.82) is 0 Å². The van der Waals surface area contributed by atoms with Crippen LogP contribution in [-0.4, -0.2) is 17.9 Å². The lowest BCUT2D eigenvalue weighted by Gasteiger charge is -2.21. The number of hydrogen-bond acceptors (Lipinski definition) is 2. The van der Waals surface area contributed by atoms with Gasteiger partial charge in [0.1, 0.15) is 6.04 Å². The summed E-state index contributed by atoms with van der Waals surface area (Å²) in [7, 11) is 0. The molecule has 2 amide bonds. The minimum atomic E-state index is -0.581. The highest BCUT2D eigenvalue weighted by atomic mass is 16.2. The first-order valence-electron chi connectivity index (χ1n) is 9.02. The van der Waals surface area contributed by atoms with Crippen LogP contribution in [-0.2, 0) is 4.79 Å². The van der Waals surface area contributed by atoms with E-state index in [0.717, 1.165) is 22.4 Å². The maximum absolute atomic E-state index is 12.8. The zero-order chi connectivity index (χ0) is 19.3. The highest BCUT2D eigenvalue weighted by Gasteiger charge is 2.23. The van der Waals surface area contributed by atoms with Gasteiger partial charge in [-0.25, -0.2) is 0 Å². The first kappa shape index (κ1) is 19.7. The Morgan fingerprint density at radius 3 is 2.15 bits per heavy atom. The fraction of sp³-hybridized carbons (Fsp3) is 0.364. The van der Waals surface area contributed by atoms with Gasteiger partial charge in [-0.2, -0.15) is 0 Å². The van der Waals surface area contributed by atoms with Crippen molar-refractivity contribution in [2.45, 2.75) is 47.1 Å². The first-order valence-corrected chi connectivity index (χ1v) is 9.02. The third-order valence-electron chi connectivity index (χ3n) is 4.21. The summed E-state index contributed by atoms with van der Waals surface area (Å²) >= 11 is 0. The van der Waals surface area contributed by atoms with Gasteiger partial charge in [0.25, 0.3) is 5.91 Å². The average molecular weight is 352 g/mol. The molecule has 2 N–H and O–H groups in total. The van der Waals surface area contributed by atoms with E-state index in [4.69, 9.17) is 0 Å². The second kappa shape index (κ2) is 8.65. The van der Waals surface area contributed by atoms with Crippen LogP contribution in [0.15, 0.2) is 42.5 Å². The Balaban J connectivity index is 2.16. The molecule has 0 aliphatic rings.